The smallest absolute Gasteiger partial charge is 0.318 e. The Bertz CT molecular complexity index is 280. The van der Waals surface area contributed by atoms with Gasteiger partial charge in [0.1, 0.15) is 0 Å². The molecule has 4 nitrogen and oxygen atoms in total. The fourth-order valence-electron chi connectivity index (χ4n) is 2.68. The summed E-state index contributed by atoms with van der Waals surface area (Å²) in [4.78, 5) is 21.6. The summed E-state index contributed by atoms with van der Waals surface area (Å²) in [5.74, 6) is -0.258. The van der Waals surface area contributed by atoms with Gasteiger partial charge in [0.25, 0.3) is 0 Å². The van der Waals surface area contributed by atoms with Crippen LogP contribution in [0.25, 0.3) is 0 Å². The Morgan fingerprint density at radius 1 is 0.682 bits per heavy atom. The van der Waals surface area contributed by atoms with Gasteiger partial charge in [0.15, 0.2) is 0 Å². The van der Waals surface area contributed by atoms with Crippen molar-refractivity contribution in [2.75, 3.05) is 0 Å². The van der Waals surface area contributed by atoms with Gasteiger partial charge in [-0.25, -0.2) is 4.79 Å². The van der Waals surface area contributed by atoms with Crippen LogP contribution in [0.5, 0.6) is 0 Å². The van der Waals surface area contributed by atoms with Crippen LogP contribution in [-0.4, -0.2) is 11.9 Å². The summed E-state index contributed by atoms with van der Waals surface area (Å²) >= 11 is 0. The Morgan fingerprint density at radius 2 is 1.05 bits per heavy atom. The average molecular weight is 312 g/mol. The number of nitrogens with one attached hydrogen (secondary N) is 1. The van der Waals surface area contributed by atoms with E-state index in [1.807, 2.05) is 0 Å². The van der Waals surface area contributed by atoms with Gasteiger partial charge in [-0.3, -0.25) is 10.1 Å². The fourth-order valence-corrected chi connectivity index (χ4v) is 2.68. The SMILES string of the molecule is CCCCCCCCCCCCCCCCC(=O)NC(N)=O. The standard InChI is InChI=1S/C18H36N2O2/c1-2-3-4-5-6-7-8-9-10-11-12-13-14-15-16-17(21)20-18(19)22/h2-16H2,1H3,(H3,19,20,21,22). The maximum absolute atomic E-state index is 11.2. The molecule has 0 radical (unpaired) electrons. The van der Waals surface area contributed by atoms with Gasteiger partial charge in [0.05, 0.1) is 0 Å². The van der Waals surface area contributed by atoms with Crippen molar-refractivity contribution < 1.29 is 9.59 Å². The number of imide groups is 1. The first-order chi connectivity index (χ1) is 10.7. The highest BCUT2D eigenvalue weighted by molar-refractivity contribution is 5.93. The van der Waals surface area contributed by atoms with Gasteiger partial charge in [-0.1, -0.05) is 90.4 Å². The highest BCUT2D eigenvalue weighted by atomic mass is 16.2. The Morgan fingerprint density at radius 3 is 1.41 bits per heavy atom. The van der Waals surface area contributed by atoms with Crippen molar-refractivity contribution in [2.45, 2.75) is 103 Å². The van der Waals surface area contributed by atoms with E-state index in [1.165, 1.54) is 77.0 Å². The number of hydrogen-bond donors (Lipinski definition) is 2. The van der Waals surface area contributed by atoms with E-state index in [0.717, 1.165) is 12.8 Å². The zero-order chi connectivity index (χ0) is 16.5. The molecule has 4 heteroatoms. The molecular weight excluding hydrogens is 276 g/mol. The molecule has 0 aromatic rings. The lowest BCUT2D eigenvalue weighted by molar-refractivity contribution is -0.120. The summed E-state index contributed by atoms with van der Waals surface area (Å²) in [5, 5.41) is 2.09. The lowest BCUT2D eigenvalue weighted by atomic mass is 10.0. The van der Waals surface area contributed by atoms with Crippen molar-refractivity contribution in [2.24, 2.45) is 5.73 Å². The second kappa shape index (κ2) is 16.3. The number of carbonyl (C=O) groups is 2. The fraction of sp³-hybridized carbons (Fsp3) is 0.889. The molecule has 0 aliphatic carbocycles. The van der Waals surface area contributed by atoms with Crippen molar-refractivity contribution >= 4 is 11.9 Å². The third kappa shape index (κ3) is 17.0. The van der Waals surface area contributed by atoms with Crippen LogP contribution in [-0.2, 0) is 4.79 Å². The molecule has 0 heterocycles. The van der Waals surface area contributed by atoms with E-state index in [2.05, 4.69) is 12.2 Å². The van der Waals surface area contributed by atoms with Gasteiger partial charge in [0.2, 0.25) is 5.91 Å². The summed E-state index contributed by atoms with van der Waals surface area (Å²) in [6, 6.07) is -0.754. The molecule has 0 aromatic carbocycles. The van der Waals surface area contributed by atoms with Gasteiger partial charge in [-0.2, -0.15) is 0 Å². The summed E-state index contributed by atoms with van der Waals surface area (Å²) in [7, 11) is 0. The second-order valence-electron chi connectivity index (χ2n) is 6.26. The van der Waals surface area contributed by atoms with Crippen LogP contribution < -0.4 is 11.1 Å². The van der Waals surface area contributed by atoms with E-state index in [1.54, 1.807) is 0 Å². The number of unbranched alkanes of at least 4 members (excludes halogenated alkanes) is 13. The third-order valence-corrected chi connectivity index (χ3v) is 4.02. The number of amides is 3. The van der Waals surface area contributed by atoms with Gasteiger partial charge < -0.3 is 5.73 Å². The molecule has 22 heavy (non-hydrogen) atoms. The van der Waals surface area contributed by atoms with E-state index < -0.39 is 6.03 Å². The van der Waals surface area contributed by atoms with Crippen LogP contribution in [0.3, 0.4) is 0 Å². The first kappa shape index (κ1) is 20.9. The zero-order valence-electron chi connectivity index (χ0n) is 14.5. The lowest BCUT2D eigenvalue weighted by Gasteiger charge is -2.03. The number of nitrogens with two attached hydrogens (primary N) is 1. The van der Waals surface area contributed by atoms with Gasteiger partial charge in [-0.05, 0) is 6.42 Å². The van der Waals surface area contributed by atoms with Crippen molar-refractivity contribution in [1.82, 2.24) is 5.32 Å². The lowest BCUT2D eigenvalue weighted by Crippen LogP contribution is -2.34. The predicted molar refractivity (Wildman–Crippen MR) is 92.7 cm³/mol. The molecule has 0 aliphatic heterocycles. The van der Waals surface area contributed by atoms with Crippen molar-refractivity contribution in [1.29, 1.82) is 0 Å². The maximum Gasteiger partial charge on any atom is 0.318 e. The average Bonchev–Trinajstić information content (AvgIpc) is 2.47. The molecule has 0 aliphatic rings. The van der Waals surface area contributed by atoms with E-state index in [9.17, 15) is 9.59 Å². The van der Waals surface area contributed by atoms with Crippen molar-refractivity contribution in [3.63, 3.8) is 0 Å². The molecule has 0 saturated heterocycles. The van der Waals surface area contributed by atoms with Crippen molar-refractivity contribution in [3.8, 4) is 0 Å². The van der Waals surface area contributed by atoms with E-state index in [-0.39, 0.29) is 5.91 Å². The number of carbonyl (C=O) groups excluding carboxylic acids is 2. The topological polar surface area (TPSA) is 72.2 Å². The number of primary amides is 1. The Balaban J connectivity index is 3.08. The Hall–Kier alpha value is -1.06. The van der Waals surface area contributed by atoms with E-state index in [0.29, 0.717) is 6.42 Å². The number of urea groups is 1. The quantitative estimate of drug-likeness (QED) is 0.415. The van der Waals surface area contributed by atoms with Gasteiger partial charge >= 0.3 is 6.03 Å². The van der Waals surface area contributed by atoms with E-state index in [4.69, 9.17) is 5.73 Å². The van der Waals surface area contributed by atoms with Crippen LogP contribution in [0, 0.1) is 0 Å². The molecule has 0 aromatic heterocycles. The van der Waals surface area contributed by atoms with Crippen LogP contribution >= 0.6 is 0 Å². The Labute approximate surface area is 136 Å². The van der Waals surface area contributed by atoms with Crippen LogP contribution in [0.15, 0.2) is 0 Å². The minimum Gasteiger partial charge on any atom is -0.351 e. The monoisotopic (exact) mass is 312 g/mol. The largest absolute Gasteiger partial charge is 0.351 e. The highest BCUT2D eigenvalue weighted by Crippen LogP contribution is 2.13. The minimum atomic E-state index is -0.754. The van der Waals surface area contributed by atoms with Gasteiger partial charge in [0, 0.05) is 6.42 Å². The number of rotatable bonds is 15. The molecule has 130 valence electrons. The summed E-state index contributed by atoms with van der Waals surface area (Å²) in [6.45, 7) is 2.26. The van der Waals surface area contributed by atoms with Crippen LogP contribution in [0.4, 0.5) is 4.79 Å². The zero-order valence-corrected chi connectivity index (χ0v) is 14.5. The predicted octanol–water partition coefficient (Wildman–Crippen LogP) is 5.05. The molecule has 0 saturated carbocycles. The summed E-state index contributed by atoms with van der Waals surface area (Å²) in [5.41, 5.74) is 4.87. The second-order valence-corrected chi connectivity index (χ2v) is 6.26. The molecule has 0 fully saturated rings. The molecule has 0 rings (SSSR count). The first-order valence-electron chi connectivity index (χ1n) is 9.26. The highest BCUT2D eigenvalue weighted by Gasteiger charge is 2.02. The molecule has 0 atom stereocenters. The molecule has 0 spiro atoms. The normalized spacial score (nSPS) is 10.6. The molecule has 3 amide bonds. The minimum absolute atomic E-state index is 0.258. The maximum atomic E-state index is 11.2. The van der Waals surface area contributed by atoms with Gasteiger partial charge in [-0.15, -0.1) is 0 Å². The number of hydrogen-bond acceptors (Lipinski definition) is 2. The summed E-state index contributed by atoms with van der Waals surface area (Å²) < 4.78 is 0. The third-order valence-electron chi connectivity index (χ3n) is 4.02. The molecular formula is C18H36N2O2. The van der Waals surface area contributed by atoms with E-state index >= 15 is 0 Å². The Kier molecular flexibility index (Phi) is 15.5. The van der Waals surface area contributed by atoms with Crippen LogP contribution in [0.2, 0.25) is 0 Å². The first-order valence-corrected chi connectivity index (χ1v) is 9.26. The molecule has 3 N–H and O–H groups in total. The van der Waals surface area contributed by atoms with Crippen molar-refractivity contribution in [3.05, 3.63) is 0 Å². The molecule has 0 unspecified atom stereocenters. The molecule has 0 bridgehead atoms. The van der Waals surface area contributed by atoms with Crippen LogP contribution in [0.1, 0.15) is 103 Å². The summed E-state index contributed by atoms with van der Waals surface area (Å²) in [6.07, 6.45) is 18.5.